The number of hydrogen-bond donors (Lipinski definition) is 1. The summed E-state index contributed by atoms with van der Waals surface area (Å²) in [5, 5.41) is 7.38. The molecule has 7 heteroatoms. The van der Waals surface area contributed by atoms with Crippen molar-refractivity contribution >= 4 is 24.8 Å². The van der Waals surface area contributed by atoms with E-state index in [1.165, 1.54) is 0 Å². The fourth-order valence-corrected chi connectivity index (χ4v) is 0. The molecule has 59 valence electrons. The summed E-state index contributed by atoms with van der Waals surface area (Å²) in [7, 11) is 0. The second kappa shape index (κ2) is 37.8. The van der Waals surface area contributed by atoms with Crippen molar-refractivity contribution in [2.24, 2.45) is 0 Å². The average molecular weight is 218 g/mol. The molecule has 4 nitrogen and oxygen atoms in total. The molecular weight excluding hydrogens is 210 g/mol. The monoisotopic (exact) mass is 217 g/mol. The summed E-state index contributed by atoms with van der Waals surface area (Å²) >= 11 is -1.81. The second-order valence-corrected chi connectivity index (χ2v) is 0.725. The first-order chi connectivity index (χ1) is 3.33. The molecule has 0 heterocycles. The Morgan fingerprint density at radius 1 is 1.44 bits per heavy atom. The molecule has 0 aliphatic heterocycles. The van der Waals surface area contributed by atoms with Crippen molar-refractivity contribution in [2.75, 3.05) is 6.61 Å². The molecule has 0 atom stereocenters. The van der Waals surface area contributed by atoms with Gasteiger partial charge in [0.2, 0.25) is 0 Å². The molecule has 0 aromatic heterocycles. The van der Waals surface area contributed by atoms with Crippen LogP contribution in [0, 0.1) is 0 Å². The third kappa shape index (κ3) is 137. The van der Waals surface area contributed by atoms with Gasteiger partial charge in [0.25, 0.3) is 0 Å². The Kier molecular flexibility index (Phi) is 94.9. The maximum absolute atomic E-state index is 8.47. The van der Waals surface area contributed by atoms with Crippen molar-refractivity contribution in [1.29, 1.82) is 0 Å². The normalized spacial score (nSPS) is 4.22. The molecule has 0 radical (unpaired) electrons. The fraction of sp³-hybridized carbons (Fsp3) is 1.00. The Morgan fingerprint density at radius 3 is 1.56 bits per heavy atom. The molecule has 0 aliphatic rings. The zero-order chi connectivity index (χ0) is 6.12. The molecule has 9 heavy (non-hydrogen) atoms. The van der Waals surface area contributed by atoms with E-state index in [-0.39, 0.29) is 24.8 Å². The molecule has 0 spiro atoms. The molecule has 0 aromatic carbocycles. The molecule has 0 fully saturated rings. The second-order valence-electron chi connectivity index (χ2n) is 0.492. The summed E-state index contributed by atoms with van der Waals surface area (Å²) in [4.78, 5) is 3.54. The van der Waals surface area contributed by atoms with E-state index >= 15 is 0 Å². The van der Waals surface area contributed by atoms with Gasteiger partial charge in [0.1, 0.15) is 0 Å². The SMILES string of the molecule is CCOO.Cl.Cl.[O]=[V]=[O]. The van der Waals surface area contributed by atoms with Crippen LogP contribution in [-0.4, -0.2) is 11.9 Å². The zero-order valence-electron chi connectivity index (χ0n) is 4.64. The van der Waals surface area contributed by atoms with Gasteiger partial charge in [0.15, 0.2) is 0 Å². The summed E-state index contributed by atoms with van der Waals surface area (Å²) in [6.07, 6.45) is 0. The zero-order valence-corrected chi connectivity index (χ0v) is 7.67. The molecule has 0 bridgehead atoms. The number of hydrogen-bond acceptors (Lipinski definition) is 4. The molecule has 0 aromatic rings. The summed E-state index contributed by atoms with van der Waals surface area (Å²) in [5.41, 5.74) is 0. The Hall–Kier alpha value is 0.684. The van der Waals surface area contributed by atoms with Crippen LogP contribution in [0.15, 0.2) is 0 Å². The van der Waals surface area contributed by atoms with Gasteiger partial charge in [-0.2, -0.15) is 0 Å². The minimum atomic E-state index is -1.81. The van der Waals surface area contributed by atoms with Gasteiger partial charge < -0.3 is 0 Å². The molecule has 0 rings (SSSR count). The van der Waals surface area contributed by atoms with Gasteiger partial charge in [-0.15, -0.1) is 24.8 Å². The van der Waals surface area contributed by atoms with Crippen LogP contribution in [0.3, 0.4) is 0 Å². The topological polar surface area (TPSA) is 63.6 Å². The van der Waals surface area contributed by atoms with Crippen LogP contribution in [0.2, 0.25) is 0 Å². The third-order valence-corrected chi connectivity index (χ3v) is 0.129. The van der Waals surface area contributed by atoms with E-state index in [4.69, 9.17) is 12.6 Å². The van der Waals surface area contributed by atoms with Crippen LogP contribution in [0.1, 0.15) is 6.92 Å². The number of halogens is 2. The molecule has 0 saturated heterocycles. The van der Waals surface area contributed by atoms with E-state index in [1.54, 1.807) is 6.92 Å². The van der Waals surface area contributed by atoms with Gasteiger partial charge in [0, 0.05) is 0 Å². The predicted molar refractivity (Wildman–Crippen MR) is 30.1 cm³/mol. The summed E-state index contributed by atoms with van der Waals surface area (Å²) in [5.74, 6) is 0. The standard InChI is InChI=1S/C2H6O2.2ClH.2O.V/c1-2-4-3;;;;;/h3H,2H2,1H3;2*1H;;;. The van der Waals surface area contributed by atoms with Crippen molar-refractivity contribution in [3.05, 3.63) is 0 Å². The average Bonchev–Trinajstić information content (AvgIpc) is 1.69. The third-order valence-electron chi connectivity index (χ3n) is 0.129. The van der Waals surface area contributed by atoms with Gasteiger partial charge in [-0.25, -0.2) is 4.89 Å². The van der Waals surface area contributed by atoms with Gasteiger partial charge >= 0.3 is 23.5 Å². The van der Waals surface area contributed by atoms with Crippen LogP contribution >= 0.6 is 24.8 Å². The Morgan fingerprint density at radius 2 is 1.56 bits per heavy atom. The number of rotatable bonds is 1. The summed E-state index contributed by atoms with van der Waals surface area (Å²) in [6, 6.07) is 0. The van der Waals surface area contributed by atoms with Crippen molar-refractivity contribution in [2.45, 2.75) is 6.92 Å². The van der Waals surface area contributed by atoms with Crippen molar-refractivity contribution in [1.82, 2.24) is 0 Å². The Bertz CT molecular complexity index is 52.5. The molecule has 0 amide bonds. The minimum absolute atomic E-state index is 0. The van der Waals surface area contributed by atoms with Crippen molar-refractivity contribution < 1.29 is 33.7 Å². The van der Waals surface area contributed by atoms with E-state index in [2.05, 4.69) is 4.89 Å². The molecule has 1 N–H and O–H groups in total. The fourth-order valence-electron chi connectivity index (χ4n) is 0. The predicted octanol–water partition coefficient (Wildman–Crippen LogP) is 1.10. The van der Waals surface area contributed by atoms with Gasteiger partial charge in [-0.05, 0) is 6.92 Å². The first kappa shape index (κ1) is 22.6. The first-order valence-corrected chi connectivity index (χ1v) is 2.68. The van der Waals surface area contributed by atoms with Gasteiger partial charge in [-0.3, -0.25) is 5.26 Å². The first-order valence-electron chi connectivity index (χ1n) is 1.54. The molecule has 0 unspecified atom stereocenters. The summed E-state index contributed by atoms with van der Waals surface area (Å²) in [6.45, 7) is 2.08. The molecular formula is C2H8Cl2O4V. The molecule has 0 saturated carbocycles. The van der Waals surface area contributed by atoms with Crippen LogP contribution in [0.4, 0.5) is 0 Å². The van der Waals surface area contributed by atoms with Crippen LogP contribution in [0.5, 0.6) is 0 Å². The summed E-state index contributed by atoms with van der Waals surface area (Å²) < 4.78 is 16.9. The Balaban J connectivity index is -0.0000000233. The van der Waals surface area contributed by atoms with E-state index in [9.17, 15) is 0 Å². The maximum atomic E-state index is 8.47. The van der Waals surface area contributed by atoms with Crippen molar-refractivity contribution in [3.8, 4) is 0 Å². The molecule has 0 aliphatic carbocycles. The van der Waals surface area contributed by atoms with E-state index in [0.29, 0.717) is 6.61 Å². The van der Waals surface area contributed by atoms with Crippen LogP contribution in [-0.2, 0) is 28.4 Å². The quantitative estimate of drug-likeness (QED) is 0.528. The van der Waals surface area contributed by atoms with E-state index in [0.717, 1.165) is 0 Å². The van der Waals surface area contributed by atoms with Gasteiger partial charge in [0.05, 0.1) is 6.61 Å². The van der Waals surface area contributed by atoms with E-state index < -0.39 is 16.2 Å². The van der Waals surface area contributed by atoms with Crippen molar-refractivity contribution in [3.63, 3.8) is 0 Å². The van der Waals surface area contributed by atoms with E-state index in [1.807, 2.05) is 0 Å². The van der Waals surface area contributed by atoms with Crippen LogP contribution < -0.4 is 0 Å². The van der Waals surface area contributed by atoms with Crippen LogP contribution in [0.25, 0.3) is 0 Å². The van der Waals surface area contributed by atoms with Gasteiger partial charge in [-0.1, -0.05) is 0 Å². The Labute approximate surface area is 72.2 Å².